The van der Waals surface area contributed by atoms with Gasteiger partial charge in [0, 0.05) is 18.2 Å². The molecular formula is C10H19NO2. The van der Waals surface area contributed by atoms with Crippen LogP contribution in [-0.2, 0) is 0 Å². The lowest BCUT2D eigenvalue weighted by atomic mass is 10.0. The molecule has 13 heavy (non-hydrogen) atoms. The first kappa shape index (κ1) is 9.44. The molecule has 1 aliphatic heterocycles. The SMILES string of the molecule is CC1(CO)CCCN1C1CC1CO. The Bertz CT molecular complexity index is 197. The lowest BCUT2D eigenvalue weighted by Crippen LogP contribution is -2.46. The van der Waals surface area contributed by atoms with Crippen molar-refractivity contribution >= 4 is 0 Å². The van der Waals surface area contributed by atoms with Gasteiger partial charge >= 0.3 is 0 Å². The quantitative estimate of drug-likeness (QED) is 0.661. The Balaban J connectivity index is 1.99. The van der Waals surface area contributed by atoms with Crippen molar-refractivity contribution in [3.63, 3.8) is 0 Å². The van der Waals surface area contributed by atoms with Gasteiger partial charge in [-0.3, -0.25) is 4.90 Å². The summed E-state index contributed by atoms with van der Waals surface area (Å²) in [5, 5.41) is 18.3. The Kier molecular flexibility index (Phi) is 2.34. The second-order valence-electron chi connectivity index (χ2n) is 4.70. The summed E-state index contributed by atoms with van der Waals surface area (Å²) in [4.78, 5) is 2.40. The highest BCUT2D eigenvalue weighted by atomic mass is 16.3. The van der Waals surface area contributed by atoms with Crippen molar-refractivity contribution in [2.45, 2.75) is 37.8 Å². The highest BCUT2D eigenvalue weighted by Gasteiger charge is 2.49. The van der Waals surface area contributed by atoms with Crippen LogP contribution >= 0.6 is 0 Å². The van der Waals surface area contributed by atoms with Gasteiger partial charge < -0.3 is 10.2 Å². The summed E-state index contributed by atoms with van der Waals surface area (Å²) in [6.45, 7) is 3.79. The molecule has 3 atom stereocenters. The van der Waals surface area contributed by atoms with Gasteiger partial charge in [0.15, 0.2) is 0 Å². The van der Waals surface area contributed by atoms with Gasteiger partial charge in [-0.05, 0) is 38.6 Å². The van der Waals surface area contributed by atoms with Crippen LogP contribution in [-0.4, -0.2) is 46.5 Å². The Morgan fingerprint density at radius 2 is 2.23 bits per heavy atom. The summed E-state index contributed by atoms with van der Waals surface area (Å²) < 4.78 is 0. The molecule has 2 rings (SSSR count). The molecule has 0 aromatic carbocycles. The molecule has 76 valence electrons. The van der Waals surface area contributed by atoms with Crippen molar-refractivity contribution in [3.05, 3.63) is 0 Å². The van der Waals surface area contributed by atoms with Gasteiger partial charge in [0.1, 0.15) is 0 Å². The number of hydrogen-bond donors (Lipinski definition) is 2. The second-order valence-corrected chi connectivity index (χ2v) is 4.70. The number of nitrogens with zero attached hydrogens (tertiary/aromatic N) is 1. The molecule has 3 heteroatoms. The molecule has 3 nitrogen and oxygen atoms in total. The van der Waals surface area contributed by atoms with Crippen molar-refractivity contribution < 1.29 is 10.2 Å². The molecule has 0 aromatic rings. The minimum absolute atomic E-state index is 0.00537. The van der Waals surface area contributed by atoms with Crippen LogP contribution in [0.25, 0.3) is 0 Å². The van der Waals surface area contributed by atoms with E-state index in [2.05, 4.69) is 11.8 Å². The molecule has 2 aliphatic rings. The summed E-state index contributed by atoms with van der Waals surface area (Å²) in [7, 11) is 0. The highest BCUT2D eigenvalue weighted by Crippen LogP contribution is 2.43. The molecule has 2 fully saturated rings. The first-order valence-corrected chi connectivity index (χ1v) is 5.20. The van der Waals surface area contributed by atoms with Crippen LogP contribution in [0.2, 0.25) is 0 Å². The van der Waals surface area contributed by atoms with E-state index < -0.39 is 0 Å². The van der Waals surface area contributed by atoms with Gasteiger partial charge in [-0.25, -0.2) is 0 Å². The highest BCUT2D eigenvalue weighted by molar-refractivity contribution is 5.04. The largest absolute Gasteiger partial charge is 0.396 e. The fourth-order valence-corrected chi connectivity index (χ4v) is 2.59. The summed E-state index contributed by atoms with van der Waals surface area (Å²) in [6.07, 6.45) is 3.40. The van der Waals surface area contributed by atoms with E-state index in [1.807, 2.05) is 0 Å². The van der Waals surface area contributed by atoms with Crippen LogP contribution in [0.5, 0.6) is 0 Å². The van der Waals surface area contributed by atoms with Crippen LogP contribution in [0, 0.1) is 5.92 Å². The first-order valence-electron chi connectivity index (χ1n) is 5.20. The van der Waals surface area contributed by atoms with Crippen molar-refractivity contribution in [1.82, 2.24) is 4.90 Å². The van der Waals surface area contributed by atoms with Crippen LogP contribution < -0.4 is 0 Å². The lowest BCUT2D eigenvalue weighted by molar-refractivity contribution is 0.0657. The van der Waals surface area contributed by atoms with E-state index in [9.17, 15) is 5.11 Å². The van der Waals surface area contributed by atoms with Gasteiger partial charge in [0.25, 0.3) is 0 Å². The molecule has 1 saturated heterocycles. The lowest BCUT2D eigenvalue weighted by Gasteiger charge is -2.34. The van der Waals surface area contributed by atoms with E-state index in [0.29, 0.717) is 18.6 Å². The standard InChI is InChI=1S/C10H19NO2/c1-10(7-13)3-2-4-11(10)9-5-8(9)6-12/h8-9,12-13H,2-7H2,1H3. The van der Waals surface area contributed by atoms with Crippen LogP contribution in [0.15, 0.2) is 0 Å². The maximum atomic E-state index is 9.33. The van der Waals surface area contributed by atoms with Crippen LogP contribution in [0.1, 0.15) is 26.2 Å². The average Bonchev–Trinajstić information content (AvgIpc) is 2.83. The number of aliphatic hydroxyl groups is 2. The first-order chi connectivity index (χ1) is 6.21. The Labute approximate surface area is 79.4 Å². The van der Waals surface area contributed by atoms with E-state index in [1.54, 1.807) is 0 Å². The van der Waals surface area contributed by atoms with Crippen molar-refractivity contribution in [3.8, 4) is 0 Å². The molecule has 0 bridgehead atoms. The molecule has 0 radical (unpaired) electrons. The Hall–Kier alpha value is -0.120. The van der Waals surface area contributed by atoms with Gasteiger partial charge in [0.05, 0.1) is 6.61 Å². The Morgan fingerprint density at radius 1 is 1.46 bits per heavy atom. The van der Waals surface area contributed by atoms with Crippen molar-refractivity contribution in [2.24, 2.45) is 5.92 Å². The minimum Gasteiger partial charge on any atom is -0.396 e. The monoisotopic (exact) mass is 185 g/mol. The maximum Gasteiger partial charge on any atom is 0.0612 e. The zero-order valence-electron chi connectivity index (χ0n) is 8.24. The predicted molar refractivity (Wildman–Crippen MR) is 50.4 cm³/mol. The summed E-state index contributed by atoms with van der Waals surface area (Å²) >= 11 is 0. The van der Waals surface area contributed by atoms with Gasteiger partial charge in [-0.1, -0.05) is 0 Å². The topological polar surface area (TPSA) is 43.7 Å². The third-order valence-corrected chi connectivity index (χ3v) is 3.67. The molecule has 0 aromatic heterocycles. The normalized spacial score (nSPS) is 45.5. The average molecular weight is 185 g/mol. The third-order valence-electron chi connectivity index (χ3n) is 3.67. The molecule has 0 amide bonds. The van der Waals surface area contributed by atoms with Crippen molar-refractivity contribution in [1.29, 1.82) is 0 Å². The molecule has 0 spiro atoms. The number of likely N-dealkylation sites (tertiary alicyclic amines) is 1. The fraction of sp³-hybridized carbons (Fsp3) is 1.00. The number of aliphatic hydroxyl groups excluding tert-OH is 2. The number of rotatable bonds is 3. The zero-order valence-corrected chi connectivity index (χ0v) is 8.24. The summed E-state index contributed by atoms with van der Waals surface area (Å²) in [5.41, 5.74) is -0.00537. The summed E-state index contributed by atoms with van der Waals surface area (Å²) in [6, 6.07) is 0.546. The smallest absolute Gasteiger partial charge is 0.0612 e. The van der Waals surface area contributed by atoms with E-state index in [-0.39, 0.29) is 12.1 Å². The zero-order chi connectivity index (χ0) is 9.47. The van der Waals surface area contributed by atoms with Crippen LogP contribution in [0.3, 0.4) is 0 Å². The molecular weight excluding hydrogens is 166 g/mol. The summed E-state index contributed by atoms with van der Waals surface area (Å²) in [5.74, 6) is 0.476. The van der Waals surface area contributed by atoms with Crippen molar-refractivity contribution in [2.75, 3.05) is 19.8 Å². The molecule has 3 unspecified atom stereocenters. The van der Waals surface area contributed by atoms with E-state index >= 15 is 0 Å². The van der Waals surface area contributed by atoms with E-state index in [0.717, 1.165) is 19.4 Å². The van der Waals surface area contributed by atoms with Crippen LogP contribution in [0.4, 0.5) is 0 Å². The van der Waals surface area contributed by atoms with E-state index in [1.165, 1.54) is 6.42 Å². The van der Waals surface area contributed by atoms with Gasteiger partial charge in [-0.15, -0.1) is 0 Å². The fourth-order valence-electron chi connectivity index (χ4n) is 2.59. The number of hydrogen-bond acceptors (Lipinski definition) is 3. The molecule has 1 heterocycles. The Morgan fingerprint density at radius 3 is 2.77 bits per heavy atom. The van der Waals surface area contributed by atoms with Gasteiger partial charge in [-0.2, -0.15) is 0 Å². The minimum atomic E-state index is -0.00537. The predicted octanol–water partition coefficient (Wildman–Crippen LogP) is 0.214. The molecule has 1 aliphatic carbocycles. The maximum absolute atomic E-state index is 9.33. The molecule has 1 saturated carbocycles. The molecule has 2 N–H and O–H groups in total. The van der Waals surface area contributed by atoms with E-state index in [4.69, 9.17) is 5.11 Å². The second kappa shape index (κ2) is 3.23. The third kappa shape index (κ3) is 1.49. The van der Waals surface area contributed by atoms with Gasteiger partial charge in [0.2, 0.25) is 0 Å².